The van der Waals surface area contributed by atoms with Crippen molar-refractivity contribution in [3.8, 4) is 5.75 Å². The number of aliphatic hydroxyl groups excluding tert-OH is 1. The maximum absolute atomic E-state index is 11.4. The lowest BCUT2D eigenvalue weighted by Gasteiger charge is -2.13. The maximum Gasteiger partial charge on any atom is 0.254 e. The van der Waals surface area contributed by atoms with Crippen LogP contribution in [0.2, 0.25) is 0 Å². The van der Waals surface area contributed by atoms with Crippen LogP contribution in [0.15, 0.2) is 24.3 Å². The molecule has 16 heavy (non-hydrogen) atoms. The third-order valence-electron chi connectivity index (χ3n) is 1.97. The third kappa shape index (κ3) is 3.22. The zero-order chi connectivity index (χ0) is 12.0. The quantitative estimate of drug-likeness (QED) is 0.673. The fourth-order valence-corrected chi connectivity index (χ4v) is 1.17. The summed E-state index contributed by atoms with van der Waals surface area (Å²) in [6.07, 6.45) is -1.20. The van der Waals surface area contributed by atoms with Crippen molar-refractivity contribution in [2.45, 2.75) is 13.0 Å². The van der Waals surface area contributed by atoms with Crippen LogP contribution >= 0.6 is 0 Å². The molecule has 0 aliphatic rings. The van der Waals surface area contributed by atoms with Crippen LogP contribution in [0.1, 0.15) is 6.92 Å². The fourth-order valence-electron chi connectivity index (χ4n) is 1.17. The Hall–Kier alpha value is -1.59. The van der Waals surface area contributed by atoms with Crippen LogP contribution in [0, 0.1) is 0 Å². The van der Waals surface area contributed by atoms with Crippen LogP contribution in [0.5, 0.6) is 5.75 Å². The van der Waals surface area contributed by atoms with Gasteiger partial charge in [0.1, 0.15) is 11.9 Å². The lowest BCUT2D eigenvalue weighted by Crippen LogP contribution is -2.34. The molecule has 0 aliphatic heterocycles. The zero-order valence-corrected chi connectivity index (χ0v) is 9.14. The first-order valence-electron chi connectivity index (χ1n) is 5.09. The van der Waals surface area contributed by atoms with Gasteiger partial charge in [-0.1, -0.05) is 12.1 Å². The largest absolute Gasteiger partial charge is 0.492 e. The van der Waals surface area contributed by atoms with Gasteiger partial charge in [0.05, 0.1) is 12.3 Å². The molecule has 0 aromatic heterocycles. The van der Waals surface area contributed by atoms with E-state index in [9.17, 15) is 9.90 Å². The number of carbonyl (C=O) groups is 1. The summed E-state index contributed by atoms with van der Waals surface area (Å²) in [4.78, 5) is 11.4. The van der Waals surface area contributed by atoms with E-state index in [1.54, 1.807) is 24.3 Å². The summed E-state index contributed by atoms with van der Waals surface area (Å²) in [6, 6.07) is 7.02. The van der Waals surface area contributed by atoms with E-state index in [1.165, 1.54) is 0 Å². The molecule has 1 aromatic carbocycles. The Morgan fingerprint density at radius 1 is 1.56 bits per heavy atom. The number of nitrogens with two attached hydrogens (primary N) is 1. The van der Waals surface area contributed by atoms with Crippen LogP contribution < -0.4 is 15.8 Å². The number of amides is 1. The van der Waals surface area contributed by atoms with E-state index in [1.807, 2.05) is 6.92 Å². The minimum absolute atomic E-state index is 0.108. The Morgan fingerprint density at radius 2 is 2.25 bits per heavy atom. The van der Waals surface area contributed by atoms with E-state index >= 15 is 0 Å². The molecular weight excluding hydrogens is 208 g/mol. The first kappa shape index (κ1) is 12.5. The van der Waals surface area contributed by atoms with Crippen LogP contribution in [0.3, 0.4) is 0 Å². The van der Waals surface area contributed by atoms with Gasteiger partial charge in [0.15, 0.2) is 0 Å². The molecule has 4 N–H and O–H groups in total. The number of para-hydroxylation sites is 2. The van der Waals surface area contributed by atoms with Crippen molar-refractivity contribution >= 4 is 11.6 Å². The molecule has 1 amide bonds. The van der Waals surface area contributed by atoms with E-state index in [4.69, 9.17) is 10.5 Å². The van der Waals surface area contributed by atoms with Gasteiger partial charge in [-0.05, 0) is 19.1 Å². The van der Waals surface area contributed by atoms with Crippen molar-refractivity contribution in [3.05, 3.63) is 24.3 Å². The van der Waals surface area contributed by atoms with Crippen molar-refractivity contribution < 1.29 is 14.6 Å². The van der Waals surface area contributed by atoms with Gasteiger partial charge in [0.25, 0.3) is 5.91 Å². The lowest BCUT2D eigenvalue weighted by atomic mass is 10.2. The molecule has 0 heterocycles. The van der Waals surface area contributed by atoms with E-state index in [0.717, 1.165) is 0 Å². The first-order valence-corrected chi connectivity index (χ1v) is 5.09. The molecule has 5 heteroatoms. The summed E-state index contributed by atoms with van der Waals surface area (Å²) in [5.74, 6) is 0.0391. The van der Waals surface area contributed by atoms with E-state index < -0.39 is 12.0 Å². The summed E-state index contributed by atoms with van der Waals surface area (Å²) >= 11 is 0. The molecule has 0 radical (unpaired) electrons. The highest BCUT2D eigenvalue weighted by Gasteiger charge is 2.14. The molecule has 0 bridgehead atoms. The fraction of sp³-hybridized carbons (Fsp3) is 0.364. The Balaban J connectivity index is 2.76. The number of hydrogen-bond acceptors (Lipinski definition) is 4. The number of nitrogens with one attached hydrogen (secondary N) is 1. The summed E-state index contributed by atoms with van der Waals surface area (Å²) in [6.45, 7) is 2.25. The van der Waals surface area contributed by atoms with Gasteiger partial charge in [-0.3, -0.25) is 4.79 Å². The molecule has 0 aliphatic carbocycles. The van der Waals surface area contributed by atoms with Crippen molar-refractivity contribution in [1.29, 1.82) is 0 Å². The molecule has 88 valence electrons. The monoisotopic (exact) mass is 224 g/mol. The number of rotatable bonds is 5. The van der Waals surface area contributed by atoms with Gasteiger partial charge in [0.2, 0.25) is 0 Å². The number of benzene rings is 1. The summed E-state index contributed by atoms with van der Waals surface area (Å²) in [7, 11) is 0. The first-order chi connectivity index (χ1) is 7.69. The van der Waals surface area contributed by atoms with E-state index in [2.05, 4.69) is 5.32 Å². The maximum atomic E-state index is 11.4. The number of aliphatic hydroxyl groups is 1. The smallest absolute Gasteiger partial charge is 0.254 e. The lowest BCUT2D eigenvalue weighted by molar-refractivity contribution is -0.123. The highest BCUT2D eigenvalue weighted by atomic mass is 16.5. The van der Waals surface area contributed by atoms with Gasteiger partial charge in [-0.2, -0.15) is 0 Å². The molecule has 1 unspecified atom stereocenters. The molecule has 1 atom stereocenters. The summed E-state index contributed by atoms with van der Waals surface area (Å²) in [5, 5.41) is 11.8. The van der Waals surface area contributed by atoms with Crippen LogP contribution in [-0.4, -0.2) is 30.3 Å². The summed E-state index contributed by atoms with van der Waals surface area (Å²) in [5.41, 5.74) is 5.71. The Bertz CT molecular complexity index is 355. The van der Waals surface area contributed by atoms with Crippen molar-refractivity contribution in [2.24, 2.45) is 5.73 Å². The predicted octanol–water partition coefficient (Wildman–Crippen LogP) is 0.343. The zero-order valence-electron chi connectivity index (χ0n) is 9.14. The van der Waals surface area contributed by atoms with Gasteiger partial charge < -0.3 is 20.9 Å². The standard InChI is InChI=1S/C11H16N2O3/c1-2-16-10-6-4-3-5-8(10)13-11(15)9(14)7-12/h3-6,9,14H,2,7,12H2,1H3,(H,13,15). The van der Waals surface area contributed by atoms with Crippen molar-refractivity contribution in [1.82, 2.24) is 0 Å². The van der Waals surface area contributed by atoms with E-state index in [-0.39, 0.29) is 6.54 Å². The van der Waals surface area contributed by atoms with Crippen molar-refractivity contribution in [3.63, 3.8) is 0 Å². The van der Waals surface area contributed by atoms with Gasteiger partial charge >= 0.3 is 0 Å². The second-order valence-electron chi connectivity index (χ2n) is 3.17. The third-order valence-corrected chi connectivity index (χ3v) is 1.97. The van der Waals surface area contributed by atoms with Crippen LogP contribution in [-0.2, 0) is 4.79 Å². The van der Waals surface area contributed by atoms with Gasteiger partial charge in [-0.15, -0.1) is 0 Å². The van der Waals surface area contributed by atoms with Crippen LogP contribution in [0.25, 0.3) is 0 Å². The number of hydrogen-bond donors (Lipinski definition) is 3. The average molecular weight is 224 g/mol. The second-order valence-corrected chi connectivity index (χ2v) is 3.17. The van der Waals surface area contributed by atoms with Gasteiger partial charge in [0, 0.05) is 6.54 Å². The van der Waals surface area contributed by atoms with Crippen LogP contribution in [0.4, 0.5) is 5.69 Å². The molecule has 1 rings (SSSR count). The highest BCUT2D eigenvalue weighted by molar-refractivity contribution is 5.95. The van der Waals surface area contributed by atoms with E-state index in [0.29, 0.717) is 18.0 Å². The molecule has 5 nitrogen and oxygen atoms in total. The molecule has 0 fully saturated rings. The Kier molecular flexibility index (Phi) is 4.75. The molecule has 0 spiro atoms. The minimum Gasteiger partial charge on any atom is -0.492 e. The number of ether oxygens (including phenoxy) is 1. The number of anilines is 1. The molecule has 0 saturated carbocycles. The number of carbonyl (C=O) groups excluding carboxylic acids is 1. The average Bonchev–Trinajstić information content (AvgIpc) is 2.31. The highest BCUT2D eigenvalue weighted by Crippen LogP contribution is 2.23. The van der Waals surface area contributed by atoms with Gasteiger partial charge in [-0.25, -0.2) is 0 Å². The molecular formula is C11H16N2O3. The molecule has 1 aromatic rings. The normalized spacial score (nSPS) is 11.9. The Labute approximate surface area is 94.2 Å². The second kappa shape index (κ2) is 6.09. The summed E-state index contributed by atoms with van der Waals surface area (Å²) < 4.78 is 5.32. The topological polar surface area (TPSA) is 84.6 Å². The predicted molar refractivity (Wildman–Crippen MR) is 61.3 cm³/mol. The Morgan fingerprint density at radius 3 is 2.88 bits per heavy atom. The minimum atomic E-state index is -1.20. The SMILES string of the molecule is CCOc1ccccc1NC(=O)C(O)CN. The van der Waals surface area contributed by atoms with Crippen molar-refractivity contribution in [2.75, 3.05) is 18.5 Å². The molecule has 0 saturated heterocycles.